The van der Waals surface area contributed by atoms with Gasteiger partial charge in [0.15, 0.2) is 0 Å². The fraction of sp³-hybridized carbons (Fsp3) is 0.368. The number of rotatable bonds is 5. The molecule has 1 aliphatic rings. The van der Waals surface area contributed by atoms with Crippen LogP contribution in [-0.2, 0) is 17.6 Å². The Kier molecular flexibility index (Phi) is 5.48. The Balaban J connectivity index is 1.54. The van der Waals surface area contributed by atoms with Crippen molar-refractivity contribution in [1.29, 1.82) is 0 Å². The molecule has 126 valence electrons. The van der Waals surface area contributed by atoms with Crippen LogP contribution in [-0.4, -0.2) is 40.1 Å². The first-order chi connectivity index (χ1) is 11.6. The lowest BCUT2D eigenvalue weighted by Crippen LogP contribution is -2.29. The zero-order valence-electron chi connectivity index (χ0n) is 13.4. The molecule has 1 N–H and O–H groups in total. The highest BCUT2D eigenvalue weighted by Crippen LogP contribution is 2.23. The van der Waals surface area contributed by atoms with Crippen molar-refractivity contribution >= 4 is 17.5 Å². The maximum Gasteiger partial charge on any atom is 0.223 e. The summed E-state index contributed by atoms with van der Waals surface area (Å²) in [6, 6.07) is 11.5. The second kappa shape index (κ2) is 7.77. The van der Waals surface area contributed by atoms with Gasteiger partial charge in [-0.3, -0.25) is 9.78 Å². The number of hydrogen-bond acceptors (Lipinski definition) is 3. The van der Waals surface area contributed by atoms with Crippen LogP contribution in [0.4, 0.5) is 0 Å². The third-order valence-corrected chi connectivity index (χ3v) is 4.94. The lowest BCUT2D eigenvalue weighted by Gasteiger charge is -2.16. The lowest BCUT2D eigenvalue weighted by molar-refractivity contribution is -0.130. The normalized spacial score (nSPS) is 20.3. The molecule has 2 aromatic rings. The standard InChI is InChI=1S/C19H21ClN2O2/c20-17-4-2-1-3-15(17)5-6-19(24)22-12-16(18(23)13-22)11-14-7-9-21-10-8-14/h1-4,7-10,16,18,23H,5-6,11-13H2/t16-,18-/m1/s1. The van der Waals surface area contributed by atoms with Gasteiger partial charge in [0.2, 0.25) is 5.91 Å². The number of aromatic nitrogens is 1. The van der Waals surface area contributed by atoms with Crippen molar-refractivity contribution in [3.05, 3.63) is 64.9 Å². The molecule has 0 aliphatic carbocycles. The first-order valence-corrected chi connectivity index (χ1v) is 8.59. The van der Waals surface area contributed by atoms with Crippen LogP contribution in [0.5, 0.6) is 0 Å². The van der Waals surface area contributed by atoms with Crippen molar-refractivity contribution in [2.24, 2.45) is 5.92 Å². The molecule has 24 heavy (non-hydrogen) atoms. The van der Waals surface area contributed by atoms with Crippen molar-refractivity contribution in [2.75, 3.05) is 13.1 Å². The highest BCUT2D eigenvalue weighted by atomic mass is 35.5. The number of aliphatic hydroxyl groups excluding tert-OH is 1. The number of pyridine rings is 1. The Hall–Kier alpha value is -1.91. The van der Waals surface area contributed by atoms with Crippen molar-refractivity contribution < 1.29 is 9.90 Å². The number of nitrogens with zero attached hydrogens (tertiary/aromatic N) is 2. The maximum absolute atomic E-state index is 12.4. The molecule has 0 spiro atoms. The molecule has 2 heterocycles. The van der Waals surface area contributed by atoms with E-state index < -0.39 is 6.10 Å². The lowest BCUT2D eigenvalue weighted by atomic mass is 9.97. The van der Waals surface area contributed by atoms with Crippen LogP contribution in [0.1, 0.15) is 17.5 Å². The fourth-order valence-corrected chi connectivity index (χ4v) is 3.41. The van der Waals surface area contributed by atoms with Gasteiger partial charge in [0.1, 0.15) is 0 Å². The van der Waals surface area contributed by atoms with Crippen molar-refractivity contribution in [1.82, 2.24) is 9.88 Å². The van der Waals surface area contributed by atoms with Crippen LogP contribution >= 0.6 is 11.6 Å². The zero-order chi connectivity index (χ0) is 16.9. The summed E-state index contributed by atoms with van der Waals surface area (Å²) in [4.78, 5) is 18.2. The zero-order valence-corrected chi connectivity index (χ0v) is 14.2. The van der Waals surface area contributed by atoms with E-state index in [4.69, 9.17) is 11.6 Å². The molecule has 0 unspecified atom stereocenters. The number of halogens is 1. The monoisotopic (exact) mass is 344 g/mol. The van der Waals surface area contributed by atoms with Gasteiger partial charge in [-0.15, -0.1) is 0 Å². The van der Waals surface area contributed by atoms with Gasteiger partial charge in [-0.1, -0.05) is 29.8 Å². The molecule has 1 aromatic carbocycles. The number of likely N-dealkylation sites (tertiary alicyclic amines) is 1. The minimum atomic E-state index is -0.470. The first-order valence-electron chi connectivity index (χ1n) is 8.21. The van der Waals surface area contributed by atoms with Crippen LogP contribution < -0.4 is 0 Å². The predicted octanol–water partition coefficient (Wildman–Crippen LogP) is 2.73. The smallest absolute Gasteiger partial charge is 0.223 e. The molecular weight excluding hydrogens is 324 g/mol. The van der Waals surface area contributed by atoms with Crippen LogP contribution in [0.25, 0.3) is 0 Å². The Bertz CT molecular complexity index is 693. The van der Waals surface area contributed by atoms with Gasteiger partial charge in [0, 0.05) is 42.8 Å². The summed E-state index contributed by atoms with van der Waals surface area (Å²) in [6.45, 7) is 1.02. The number of amides is 1. The molecule has 3 rings (SSSR count). The Labute approximate surface area is 147 Å². The Morgan fingerprint density at radius 2 is 1.96 bits per heavy atom. The quantitative estimate of drug-likeness (QED) is 0.907. The van der Waals surface area contributed by atoms with E-state index in [-0.39, 0.29) is 11.8 Å². The molecule has 1 amide bonds. The van der Waals surface area contributed by atoms with E-state index in [1.165, 1.54) is 0 Å². The molecule has 4 nitrogen and oxygen atoms in total. The van der Waals surface area contributed by atoms with Gasteiger partial charge >= 0.3 is 0 Å². The summed E-state index contributed by atoms with van der Waals surface area (Å²) in [6.07, 6.45) is 4.84. The number of carbonyl (C=O) groups excluding carboxylic acids is 1. The molecule has 0 bridgehead atoms. The SMILES string of the molecule is O=C(CCc1ccccc1Cl)N1C[C@@H](Cc2ccncc2)[C@H](O)C1. The number of carbonyl (C=O) groups is 1. The molecule has 0 radical (unpaired) electrons. The summed E-state index contributed by atoms with van der Waals surface area (Å²) in [5, 5.41) is 11.0. The summed E-state index contributed by atoms with van der Waals surface area (Å²) in [5.41, 5.74) is 2.13. The Morgan fingerprint density at radius 3 is 2.71 bits per heavy atom. The van der Waals surface area contributed by atoms with Crippen LogP contribution in [0.3, 0.4) is 0 Å². The number of hydrogen-bond donors (Lipinski definition) is 1. The second-order valence-electron chi connectivity index (χ2n) is 6.28. The fourth-order valence-electron chi connectivity index (χ4n) is 3.18. The molecule has 1 aromatic heterocycles. The summed E-state index contributed by atoms with van der Waals surface area (Å²) in [5.74, 6) is 0.155. The van der Waals surface area contributed by atoms with E-state index in [1.807, 2.05) is 36.4 Å². The topological polar surface area (TPSA) is 53.4 Å². The summed E-state index contributed by atoms with van der Waals surface area (Å²) in [7, 11) is 0. The average molecular weight is 345 g/mol. The van der Waals surface area contributed by atoms with E-state index in [2.05, 4.69) is 4.98 Å². The minimum absolute atomic E-state index is 0.0752. The van der Waals surface area contributed by atoms with Gasteiger partial charge in [0.25, 0.3) is 0 Å². The van der Waals surface area contributed by atoms with Gasteiger partial charge in [0.05, 0.1) is 6.10 Å². The highest BCUT2D eigenvalue weighted by Gasteiger charge is 2.33. The number of benzene rings is 1. The van der Waals surface area contributed by atoms with Crippen molar-refractivity contribution in [2.45, 2.75) is 25.4 Å². The molecule has 1 aliphatic heterocycles. The molecule has 5 heteroatoms. The van der Waals surface area contributed by atoms with E-state index in [1.54, 1.807) is 17.3 Å². The van der Waals surface area contributed by atoms with Crippen LogP contribution in [0.15, 0.2) is 48.8 Å². The van der Waals surface area contributed by atoms with Gasteiger partial charge < -0.3 is 10.0 Å². The molecule has 1 fully saturated rings. The van der Waals surface area contributed by atoms with E-state index in [9.17, 15) is 9.90 Å². The number of aliphatic hydroxyl groups is 1. The van der Waals surface area contributed by atoms with Gasteiger partial charge in [-0.05, 0) is 42.2 Å². The largest absolute Gasteiger partial charge is 0.391 e. The number of aryl methyl sites for hydroxylation is 1. The summed E-state index contributed by atoms with van der Waals surface area (Å²) >= 11 is 6.13. The van der Waals surface area contributed by atoms with Crippen molar-refractivity contribution in [3.63, 3.8) is 0 Å². The van der Waals surface area contributed by atoms with Crippen LogP contribution in [0, 0.1) is 5.92 Å². The highest BCUT2D eigenvalue weighted by molar-refractivity contribution is 6.31. The molecule has 0 saturated carbocycles. The average Bonchev–Trinajstić information content (AvgIpc) is 2.96. The molecule has 1 saturated heterocycles. The first kappa shape index (κ1) is 16.9. The molecular formula is C19H21ClN2O2. The maximum atomic E-state index is 12.4. The van der Waals surface area contributed by atoms with E-state index in [0.29, 0.717) is 31.0 Å². The third-order valence-electron chi connectivity index (χ3n) is 4.57. The van der Waals surface area contributed by atoms with Crippen molar-refractivity contribution in [3.8, 4) is 0 Å². The van der Waals surface area contributed by atoms with E-state index >= 15 is 0 Å². The van der Waals surface area contributed by atoms with Gasteiger partial charge in [-0.25, -0.2) is 0 Å². The molecule has 2 atom stereocenters. The van der Waals surface area contributed by atoms with Gasteiger partial charge in [-0.2, -0.15) is 0 Å². The van der Waals surface area contributed by atoms with Crippen LogP contribution in [0.2, 0.25) is 5.02 Å². The third kappa shape index (κ3) is 4.13. The Morgan fingerprint density at radius 1 is 1.21 bits per heavy atom. The minimum Gasteiger partial charge on any atom is -0.391 e. The predicted molar refractivity (Wildman–Crippen MR) is 93.8 cm³/mol. The number of β-amino-alcohol motifs (C(OH)–C–C–N with tert-alkyl or cyclic N) is 1. The second-order valence-corrected chi connectivity index (χ2v) is 6.68. The van der Waals surface area contributed by atoms with E-state index in [0.717, 1.165) is 17.5 Å². The summed E-state index contributed by atoms with van der Waals surface area (Å²) < 4.78 is 0.